The van der Waals surface area contributed by atoms with Gasteiger partial charge in [-0.05, 0) is 17.7 Å². The molecule has 0 radical (unpaired) electrons. The molecule has 2 aromatic rings. The van der Waals surface area contributed by atoms with Crippen LogP contribution in [-0.2, 0) is 22.8 Å². The molecular formula is C13H15N3O3S. The molecule has 7 heteroatoms. The van der Waals surface area contributed by atoms with Gasteiger partial charge in [-0.15, -0.1) is 0 Å². The molecule has 6 nitrogen and oxygen atoms in total. The number of nitrogen functional groups attached to an aromatic ring is 1. The third-order valence-electron chi connectivity index (χ3n) is 2.76. The number of hydrogen-bond acceptors (Lipinski definition) is 4. The van der Waals surface area contributed by atoms with Gasteiger partial charge in [0.2, 0.25) is 15.6 Å². The zero-order valence-electron chi connectivity index (χ0n) is 10.9. The van der Waals surface area contributed by atoms with Gasteiger partial charge in [0.25, 0.3) is 0 Å². The Morgan fingerprint density at radius 2 is 1.90 bits per heavy atom. The van der Waals surface area contributed by atoms with Crippen molar-refractivity contribution >= 4 is 21.4 Å². The topological polar surface area (TPSA) is 94.2 Å². The van der Waals surface area contributed by atoms with Crippen molar-refractivity contribution in [2.24, 2.45) is 7.05 Å². The average molecular weight is 293 g/mol. The van der Waals surface area contributed by atoms with Crippen molar-refractivity contribution in [1.82, 2.24) is 4.57 Å². The molecule has 0 saturated carbocycles. The Bertz CT molecular complexity index is 781. The zero-order valence-corrected chi connectivity index (χ0v) is 11.7. The van der Waals surface area contributed by atoms with Crippen LogP contribution < -0.4 is 16.0 Å². The van der Waals surface area contributed by atoms with Crippen molar-refractivity contribution in [2.45, 2.75) is 5.75 Å². The van der Waals surface area contributed by atoms with Crippen LogP contribution in [0.25, 0.3) is 0 Å². The molecule has 1 aromatic carbocycles. The van der Waals surface area contributed by atoms with Crippen molar-refractivity contribution < 1.29 is 8.42 Å². The number of nitrogens with two attached hydrogens (primary N) is 1. The van der Waals surface area contributed by atoms with E-state index in [1.54, 1.807) is 31.3 Å². The number of pyridine rings is 1. The first kappa shape index (κ1) is 14.1. The van der Waals surface area contributed by atoms with Crippen LogP contribution in [0.3, 0.4) is 0 Å². The molecule has 0 bridgehead atoms. The number of anilines is 2. The van der Waals surface area contributed by atoms with Crippen molar-refractivity contribution in [1.29, 1.82) is 0 Å². The third kappa shape index (κ3) is 3.39. The van der Waals surface area contributed by atoms with Gasteiger partial charge in [-0.1, -0.05) is 18.2 Å². The maximum absolute atomic E-state index is 12.1. The Kier molecular flexibility index (Phi) is 3.80. The lowest BCUT2D eigenvalue weighted by Gasteiger charge is -2.10. The molecule has 0 atom stereocenters. The zero-order chi connectivity index (χ0) is 14.8. The lowest BCUT2D eigenvalue weighted by atomic mass is 10.2. The summed E-state index contributed by atoms with van der Waals surface area (Å²) in [7, 11) is -2.03. The van der Waals surface area contributed by atoms with E-state index < -0.39 is 10.0 Å². The largest absolute Gasteiger partial charge is 0.398 e. The summed E-state index contributed by atoms with van der Waals surface area (Å²) in [4.78, 5) is 11.2. The summed E-state index contributed by atoms with van der Waals surface area (Å²) in [6, 6.07) is 9.51. The fourth-order valence-corrected chi connectivity index (χ4v) is 2.96. The minimum atomic E-state index is -3.59. The fraction of sp³-hybridized carbons (Fsp3) is 0.154. The standard InChI is InChI=1S/C13H15N3O3S/c1-16-8-11(6-7-13(16)17)15-20(18,19)9-10-4-2-3-5-12(10)14/h2-8,15H,9,14H2,1H3. The lowest BCUT2D eigenvalue weighted by molar-refractivity contribution is 0.600. The highest BCUT2D eigenvalue weighted by Crippen LogP contribution is 2.16. The molecule has 0 aliphatic rings. The Hall–Kier alpha value is -2.28. The van der Waals surface area contributed by atoms with E-state index in [-0.39, 0.29) is 11.3 Å². The van der Waals surface area contributed by atoms with Crippen LogP contribution >= 0.6 is 0 Å². The van der Waals surface area contributed by atoms with Gasteiger partial charge < -0.3 is 10.3 Å². The second-order valence-corrected chi connectivity index (χ2v) is 6.15. The highest BCUT2D eigenvalue weighted by Gasteiger charge is 2.13. The molecular weight excluding hydrogens is 278 g/mol. The van der Waals surface area contributed by atoms with Gasteiger partial charge in [-0.2, -0.15) is 0 Å². The van der Waals surface area contributed by atoms with E-state index in [0.717, 1.165) is 0 Å². The van der Waals surface area contributed by atoms with Crippen molar-refractivity contribution in [3.63, 3.8) is 0 Å². The molecule has 0 spiro atoms. The summed E-state index contributed by atoms with van der Waals surface area (Å²) in [5, 5.41) is 0. The van der Waals surface area contributed by atoms with E-state index in [1.165, 1.54) is 22.9 Å². The van der Waals surface area contributed by atoms with E-state index in [9.17, 15) is 13.2 Å². The Labute approximate surface area is 116 Å². The van der Waals surface area contributed by atoms with E-state index in [2.05, 4.69) is 4.72 Å². The molecule has 0 aliphatic carbocycles. The number of nitrogens with one attached hydrogen (secondary N) is 1. The van der Waals surface area contributed by atoms with Crippen LogP contribution in [0.15, 0.2) is 47.4 Å². The molecule has 0 fully saturated rings. The van der Waals surface area contributed by atoms with Crippen molar-refractivity contribution in [3.05, 3.63) is 58.5 Å². The van der Waals surface area contributed by atoms with E-state index in [4.69, 9.17) is 5.73 Å². The van der Waals surface area contributed by atoms with Gasteiger partial charge >= 0.3 is 0 Å². The molecule has 1 heterocycles. The van der Waals surface area contributed by atoms with Crippen LogP contribution in [0.2, 0.25) is 0 Å². The number of nitrogens with zero attached hydrogens (tertiary/aromatic N) is 1. The predicted molar refractivity (Wildman–Crippen MR) is 78.8 cm³/mol. The van der Waals surface area contributed by atoms with E-state index >= 15 is 0 Å². The van der Waals surface area contributed by atoms with E-state index in [0.29, 0.717) is 16.9 Å². The molecule has 3 N–H and O–H groups in total. The molecule has 0 unspecified atom stereocenters. The Balaban J connectivity index is 2.21. The van der Waals surface area contributed by atoms with Gasteiger partial charge in [0.1, 0.15) is 0 Å². The average Bonchev–Trinajstić information content (AvgIpc) is 2.36. The maximum atomic E-state index is 12.1. The molecule has 1 aromatic heterocycles. The minimum Gasteiger partial charge on any atom is -0.398 e. The van der Waals surface area contributed by atoms with Crippen LogP contribution in [0.4, 0.5) is 11.4 Å². The normalized spacial score (nSPS) is 11.2. The minimum absolute atomic E-state index is 0.208. The summed E-state index contributed by atoms with van der Waals surface area (Å²) >= 11 is 0. The second kappa shape index (κ2) is 5.38. The highest BCUT2D eigenvalue weighted by atomic mass is 32.2. The van der Waals surface area contributed by atoms with Gasteiger partial charge in [0, 0.05) is 25.0 Å². The summed E-state index contributed by atoms with van der Waals surface area (Å²) in [5.41, 5.74) is 6.82. The van der Waals surface area contributed by atoms with Gasteiger partial charge in [-0.3, -0.25) is 9.52 Å². The first-order chi connectivity index (χ1) is 9.37. The third-order valence-corrected chi connectivity index (χ3v) is 4.00. The van der Waals surface area contributed by atoms with Crippen molar-refractivity contribution in [2.75, 3.05) is 10.5 Å². The summed E-state index contributed by atoms with van der Waals surface area (Å²) < 4.78 is 27.8. The smallest absolute Gasteiger partial charge is 0.250 e. The maximum Gasteiger partial charge on any atom is 0.250 e. The molecule has 2 rings (SSSR count). The summed E-state index contributed by atoms with van der Waals surface area (Å²) in [6.07, 6.45) is 1.42. The quantitative estimate of drug-likeness (QED) is 0.819. The number of para-hydroxylation sites is 1. The number of rotatable bonds is 4. The number of aryl methyl sites for hydroxylation is 1. The number of aromatic nitrogens is 1. The second-order valence-electron chi connectivity index (χ2n) is 4.43. The fourth-order valence-electron chi connectivity index (χ4n) is 1.74. The molecule has 0 amide bonds. The van der Waals surface area contributed by atoms with Gasteiger partial charge in [0.05, 0.1) is 11.4 Å². The Morgan fingerprint density at radius 3 is 2.55 bits per heavy atom. The molecule has 0 aliphatic heterocycles. The predicted octanol–water partition coefficient (Wildman–Crippen LogP) is 0.909. The van der Waals surface area contributed by atoms with Gasteiger partial charge in [-0.25, -0.2) is 8.42 Å². The number of hydrogen-bond donors (Lipinski definition) is 2. The number of benzene rings is 1. The van der Waals surface area contributed by atoms with Crippen LogP contribution in [0, 0.1) is 0 Å². The van der Waals surface area contributed by atoms with Crippen LogP contribution in [0.1, 0.15) is 5.56 Å². The first-order valence-electron chi connectivity index (χ1n) is 5.88. The van der Waals surface area contributed by atoms with Gasteiger partial charge in [0.15, 0.2) is 0 Å². The van der Waals surface area contributed by atoms with Crippen LogP contribution in [-0.4, -0.2) is 13.0 Å². The molecule has 0 saturated heterocycles. The SMILES string of the molecule is Cn1cc(NS(=O)(=O)Cc2ccccc2N)ccc1=O. The molecule has 20 heavy (non-hydrogen) atoms. The highest BCUT2D eigenvalue weighted by molar-refractivity contribution is 7.91. The number of sulfonamides is 1. The van der Waals surface area contributed by atoms with E-state index in [1.807, 2.05) is 0 Å². The van der Waals surface area contributed by atoms with Crippen molar-refractivity contribution in [3.8, 4) is 0 Å². The Morgan fingerprint density at radius 1 is 1.20 bits per heavy atom. The summed E-state index contributed by atoms with van der Waals surface area (Å²) in [5.74, 6) is -0.220. The molecule has 106 valence electrons. The first-order valence-corrected chi connectivity index (χ1v) is 7.53. The van der Waals surface area contributed by atoms with Crippen LogP contribution in [0.5, 0.6) is 0 Å². The monoisotopic (exact) mass is 293 g/mol. The summed E-state index contributed by atoms with van der Waals surface area (Å²) in [6.45, 7) is 0. The lowest BCUT2D eigenvalue weighted by Crippen LogP contribution is -2.19.